The van der Waals surface area contributed by atoms with Crippen LogP contribution in [0, 0.1) is 0 Å². The van der Waals surface area contributed by atoms with Crippen LogP contribution >= 0.6 is 0 Å². The third kappa shape index (κ3) is 2.28. The van der Waals surface area contributed by atoms with Crippen LogP contribution in [0.3, 0.4) is 0 Å². The largest absolute Gasteiger partial charge is 0.451 e. The minimum Gasteiger partial charge on any atom is -0.451 e. The molecule has 3 aromatic rings. The van der Waals surface area contributed by atoms with Gasteiger partial charge in [-0.2, -0.15) is 0 Å². The number of para-hydroxylation sites is 1. The smallest absolute Gasteiger partial charge is 0.291 e. The number of anilines is 2. The van der Waals surface area contributed by atoms with Gasteiger partial charge in [0.25, 0.3) is 5.91 Å². The van der Waals surface area contributed by atoms with Gasteiger partial charge in [-0.05, 0) is 36.4 Å². The third-order valence-corrected chi connectivity index (χ3v) is 2.82. The van der Waals surface area contributed by atoms with E-state index in [0.717, 1.165) is 5.39 Å². The Morgan fingerprint density at radius 3 is 2.53 bits per heavy atom. The van der Waals surface area contributed by atoms with Crippen LogP contribution in [0.25, 0.3) is 11.0 Å². The zero-order chi connectivity index (χ0) is 13.2. The first-order valence-corrected chi connectivity index (χ1v) is 5.88. The van der Waals surface area contributed by atoms with E-state index < -0.39 is 0 Å². The van der Waals surface area contributed by atoms with Crippen LogP contribution < -0.4 is 11.1 Å². The highest BCUT2D eigenvalue weighted by Gasteiger charge is 2.11. The van der Waals surface area contributed by atoms with Crippen LogP contribution in [0.2, 0.25) is 0 Å². The van der Waals surface area contributed by atoms with E-state index in [9.17, 15) is 4.79 Å². The molecule has 0 spiro atoms. The third-order valence-electron chi connectivity index (χ3n) is 2.82. The highest BCUT2D eigenvalue weighted by Crippen LogP contribution is 2.20. The van der Waals surface area contributed by atoms with Crippen LogP contribution in [-0.2, 0) is 0 Å². The van der Waals surface area contributed by atoms with Gasteiger partial charge in [0.2, 0.25) is 0 Å². The molecular formula is C15H12N2O2. The Morgan fingerprint density at radius 2 is 1.79 bits per heavy atom. The van der Waals surface area contributed by atoms with Crippen molar-refractivity contribution in [2.75, 3.05) is 11.1 Å². The minimum absolute atomic E-state index is 0.277. The summed E-state index contributed by atoms with van der Waals surface area (Å²) < 4.78 is 5.49. The fraction of sp³-hybridized carbons (Fsp3) is 0. The summed E-state index contributed by atoms with van der Waals surface area (Å²) in [4.78, 5) is 12.0. The van der Waals surface area contributed by atoms with Crippen molar-refractivity contribution in [3.05, 3.63) is 60.4 Å². The molecule has 0 bridgehead atoms. The number of hydrogen-bond donors (Lipinski definition) is 2. The minimum atomic E-state index is -0.277. The fourth-order valence-corrected chi connectivity index (χ4v) is 1.85. The molecule has 1 aromatic heterocycles. The molecule has 0 unspecified atom stereocenters. The SMILES string of the molecule is Nc1ccc(NC(=O)c2cc3ccccc3o2)cc1. The molecule has 0 aliphatic heterocycles. The molecule has 0 saturated heterocycles. The van der Waals surface area contributed by atoms with Crippen LogP contribution in [0.15, 0.2) is 59.0 Å². The maximum absolute atomic E-state index is 12.0. The van der Waals surface area contributed by atoms with Crippen molar-refractivity contribution in [1.29, 1.82) is 0 Å². The molecule has 1 amide bonds. The molecule has 19 heavy (non-hydrogen) atoms. The maximum atomic E-state index is 12.0. The average Bonchev–Trinajstić information content (AvgIpc) is 2.85. The summed E-state index contributed by atoms with van der Waals surface area (Å²) in [6.07, 6.45) is 0. The van der Waals surface area contributed by atoms with Crippen molar-refractivity contribution in [3.8, 4) is 0 Å². The van der Waals surface area contributed by atoms with Crippen LogP contribution in [0.4, 0.5) is 11.4 Å². The normalized spacial score (nSPS) is 10.5. The van der Waals surface area contributed by atoms with Crippen LogP contribution in [0.5, 0.6) is 0 Å². The molecule has 3 N–H and O–H groups in total. The van der Waals surface area contributed by atoms with E-state index in [0.29, 0.717) is 17.0 Å². The van der Waals surface area contributed by atoms with Gasteiger partial charge in [0, 0.05) is 16.8 Å². The Balaban J connectivity index is 1.85. The predicted molar refractivity (Wildman–Crippen MR) is 75.0 cm³/mol. The molecule has 94 valence electrons. The number of hydrogen-bond acceptors (Lipinski definition) is 3. The maximum Gasteiger partial charge on any atom is 0.291 e. The van der Waals surface area contributed by atoms with E-state index >= 15 is 0 Å². The summed E-state index contributed by atoms with van der Waals surface area (Å²) >= 11 is 0. The summed E-state index contributed by atoms with van der Waals surface area (Å²) in [5, 5.41) is 3.67. The number of rotatable bonds is 2. The lowest BCUT2D eigenvalue weighted by Gasteiger charge is -2.02. The standard InChI is InChI=1S/C15H12N2O2/c16-11-5-7-12(8-6-11)17-15(18)14-9-10-3-1-2-4-13(10)19-14/h1-9H,16H2,(H,17,18). The lowest BCUT2D eigenvalue weighted by atomic mass is 10.2. The zero-order valence-corrected chi connectivity index (χ0v) is 10.1. The monoisotopic (exact) mass is 252 g/mol. The molecule has 0 saturated carbocycles. The molecule has 0 fully saturated rings. The molecule has 0 atom stereocenters. The zero-order valence-electron chi connectivity index (χ0n) is 10.1. The number of carbonyl (C=O) groups is 1. The first-order valence-electron chi connectivity index (χ1n) is 5.88. The van der Waals surface area contributed by atoms with Crippen molar-refractivity contribution < 1.29 is 9.21 Å². The van der Waals surface area contributed by atoms with E-state index in [2.05, 4.69) is 5.32 Å². The summed E-state index contributed by atoms with van der Waals surface area (Å²) in [6, 6.07) is 16.2. The highest BCUT2D eigenvalue weighted by atomic mass is 16.3. The van der Waals surface area contributed by atoms with Gasteiger partial charge in [0.1, 0.15) is 5.58 Å². The number of amides is 1. The lowest BCUT2D eigenvalue weighted by molar-refractivity contribution is 0.0998. The first kappa shape index (κ1) is 11.3. The van der Waals surface area contributed by atoms with Gasteiger partial charge in [-0.3, -0.25) is 4.79 Å². The Labute approximate surface area is 109 Å². The van der Waals surface area contributed by atoms with Crippen molar-refractivity contribution in [2.45, 2.75) is 0 Å². The van der Waals surface area contributed by atoms with Crippen molar-refractivity contribution in [2.24, 2.45) is 0 Å². The number of furan rings is 1. The van der Waals surface area contributed by atoms with Gasteiger partial charge in [0.05, 0.1) is 0 Å². The molecule has 4 heteroatoms. The molecule has 2 aromatic carbocycles. The van der Waals surface area contributed by atoms with Gasteiger partial charge in [0.15, 0.2) is 5.76 Å². The highest BCUT2D eigenvalue weighted by molar-refractivity contribution is 6.04. The van der Waals surface area contributed by atoms with Crippen molar-refractivity contribution in [3.63, 3.8) is 0 Å². The second kappa shape index (κ2) is 4.49. The topological polar surface area (TPSA) is 68.3 Å². The van der Waals surface area contributed by atoms with E-state index in [1.807, 2.05) is 24.3 Å². The predicted octanol–water partition coefficient (Wildman–Crippen LogP) is 3.27. The lowest BCUT2D eigenvalue weighted by Crippen LogP contribution is -2.10. The first-order chi connectivity index (χ1) is 9.22. The molecule has 1 heterocycles. The molecule has 0 aliphatic carbocycles. The van der Waals surface area contributed by atoms with E-state index in [1.54, 1.807) is 30.3 Å². The molecular weight excluding hydrogens is 240 g/mol. The van der Waals surface area contributed by atoms with Crippen LogP contribution in [-0.4, -0.2) is 5.91 Å². The number of nitrogens with two attached hydrogens (primary N) is 1. The Kier molecular flexibility index (Phi) is 2.68. The molecule has 4 nitrogen and oxygen atoms in total. The molecule has 3 rings (SSSR count). The quantitative estimate of drug-likeness (QED) is 0.688. The Bertz CT molecular complexity index is 696. The summed E-state index contributed by atoms with van der Waals surface area (Å²) in [5.74, 6) is 0.0130. The fourth-order valence-electron chi connectivity index (χ4n) is 1.85. The molecule has 0 radical (unpaired) electrons. The van der Waals surface area contributed by atoms with Gasteiger partial charge in [-0.15, -0.1) is 0 Å². The van der Waals surface area contributed by atoms with Gasteiger partial charge in [-0.1, -0.05) is 18.2 Å². The van der Waals surface area contributed by atoms with Gasteiger partial charge >= 0.3 is 0 Å². The summed E-state index contributed by atoms with van der Waals surface area (Å²) in [6.45, 7) is 0. The second-order valence-electron chi connectivity index (χ2n) is 4.22. The number of nitrogen functional groups attached to an aromatic ring is 1. The van der Waals surface area contributed by atoms with E-state index in [1.165, 1.54) is 0 Å². The van der Waals surface area contributed by atoms with Gasteiger partial charge < -0.3 is 15.5 Å². The van der Waals surface area contributed by atoms with Crippen LogP contribution in [0.1, 0.15) is 10.6 Å². The average molecular weight is 252 g/mol. The number of nitrogens with one attached hydrogen (secondary N) is 1. The van der Waals surface area contributed by atoms with Crippen molar-refractivity contribution in [1.82, 2.24) is 0 Å². The number of fused-ring (bicyclic) bond motifs is 1. The molecule has 0 aliphatic rings. The van der Waals surface area contributed by atoms with E-state index in [4.69, 9.17) is 10.2 Å². The van der Waals surface area contributed by atoms with Gasteiger partial charge in [-0.25, -0.2) is 0 Å². The van der Waals surface area contributed by atoms with Crippen molar-refractivity contribution >= 4 is 28.3 Å². The summed E-state index contributed by atoms with van der Waals surface area (Å²) in [5.41, 5.74) is 7.62. The van der Waals surface area contributed by atoms with E-state index in [-0.39, 0.29) is 11.7 Å². The second-order valence-corrected chi connectivity index (χ2v) is 4.22. The number of benzene rings is 2. The summed E-state index contributed by atoms with van der Waals surface area (Å²) in [7, 11) is 0. The Morgan fingerprint density at radius 1 is 1.05 bits per heavy atom. The Hall–Kier alpha value is -2.75. The number of carbonyl (C=O) groups excluding carboxylic acids is 1.